The van der Waals surface area contributed by atoms with Crippen LogP contribution in [0.1, 0.15) is 37.6 Å². The van der Waals surface area contributed by atoms with Crippen molar-refractivity contribution in [2.45, 2.75) is 38.3 Å². The summed E-state index contributed by atoms with van der Waals surface area (Å²) in [7, 11) is 2.23. The van der Waals surface area contributed by atoms with Gasteiger partial charge in [-0.15, -0.1) is 11.3 Å². The zero-order valence-corrected chi connectivity index (χ0v) is 11.3. The molecule has 2 rings (SSSR count). The minimum atomic E-state index is 0.253. The Morgan fingerprint density at radius 3 is 2.75 bits per heavy atom. The zero-order chi connectivity index (χ0) is 11.8. The van der Waals surface area contributed by atoms with Crippen molar-refractivity contribution in [3.63, 3.8) is 0 Å². The van der Waals surface area contributed by atoms with Crippen LogP contribution in [0.2, 0.25) is 0 Å². The van der Waals surface area contributed by atoms with Crippen molar-refractivity contribution >= 4 is 11.3 Å². The summed E-state index contributed by atoms with van der Waals surface area (Å²) in [6.07, 6.45) is 2.49. The molecule has 1 fully saturated rings. The van der Waals surface area contributed by atoms with Crippen LogP contribution >= 0.6 is 11.3 Å². The molecule has 1 aliphatic carbocycles. The van der Waals surface area contributed by atoms with Gasteiger partial charge in [-0.05, 0) is 44.2 Å². The second-order valence-electron chi connectivity index (χ2n) is 5.24. The Kier molecular flexibility index (Phi) is 3.38. The SMILES string of the molecule is CC1CC(CN)(N(C)C(C)c2cccs2)C1. The highest BCUT2D eigenvalue weighted by molar-refractivity contribution is 7.10. The average Bonchev–Trinajstić information content (AvgIpc) is 2.75. The lowest BCUT2D eigenvalue weighted by atomic mass is 9.67. The quantitative estimate of drug-likeness (QED) is 0.874. The number of hydrogen-bond acceptors (Lipinski definition) is 3. The van der Waals surface area contributed by atoms with E-state index in [2.05, 4.69) is 43.3 Å². The van der Waals surface area contributed by atoms with Gasteiger partial charge in [0.1, 0.15) is 0 Å². The molecule has 1 saturated carbocycles. The van der Waals surface area contributed by atoms with E-state index in [0.29, 0.717) is 6.04 Å². The summed E-state index contributed by atoms with van der Waals surface area (Å²) in [6, 6.07) is 4.83. The first-order chi connectivity index (χ1) is 7.59. The number of nitrogens with two attached hydrogens (primary N) is 1. The van der Waals surface area contributed by atoms with Crippen LogP contribution < -0.4 is 5.73 Å². The van der Waals surface area contributed by atoms with Gasteiger partial charge in [-0.3, -0.25) is 4.90 Å². The van der Waals surface area contributed by atoms with Crippen LogP contribution in [0.5, 0.6) is 0 Å². The molecule has 1 heterocycles. The maximum absolute atomic E-state index is 5.98. The van der Waals surface area contributed by atoms with E-state index < -0.39 is 0 Å². The molecule has 0 aromatic carbocycles. The van der Waals surface area contributed by atoms with Crippen molar-refractivity contribution in [2.75, 3.05) is 13.6 Å². The first-order valence-corrected chi connectivity index (χ1v) is 6.93. The Bertz CT molecular complexity index is 328. The van der Waals surface area contributed by atoms with Gasteiger partial charge in [0.15, 0.2) is 0 Å². The summed E-state index contributed by atoms with van der Waals surface area (Å²) in [5.41, 5.74) is 6.24. The second-order valence-corrected chi connectivity index (χ2v) is 6.22. The molecule has 0 saturated heterocycles. The summed E-state index contributed by atoms with van der Waals surface area (Å²) in [5, 5.41) is 2.15. The third-order valence-electron chi connectivity index (χ3n) is 4.12. The van der Waals surface area contributed by atoms with E-state index in [-0.39, 0.29) is 5.54 Å². The third kappa shape index (κ3) is 1.92. The summed E-state index contributed by atoms with van der Waals surface area (Å²) in [5.74, 6) is 0.835. The highest BCUT2D eigenvalue weighted by atomic mass is 32.1. The lowest BCUT2D eigenvalue weighted by Gasteiger charge is -2.53. The molecule has 90 valence electrons. The molecular formula is C13H22N2S. The summed E-state index contributed by atoms with van der Waals surface area (Å²) in [6.45, 7) is 5.38. The fraction of sp³-hybridized carbons (Fsp3) is 0.692. The standard InChI is InChI=1S/C13H22N2S/c1-10-7-13(8-10,9-14)15(3)11(2)12-5-4-6-16-12/h4-6,10-11H,7-9,14H2,1-3H3. The van der Waals surface area contributed by atoms with E-state index in [0.717, 1.165) is 12.5 Å². The van der Waals surface area contributed by atoms with E-state index in [1.807, 2.05) is 11.3 Å². The van der Waals surface area contributed by atoms with Gasteiger partial charge in [-0.1, -0.05) is 13.0 Å². The largest absolute Gasteiger partial charge is 0.329 e. The Morgan fingerprint density at radius 2 is 2.31 bits per heavy atom. The van der Waals surface area contributed by atoms with Crippen molar-refractivity contribution in [1.82, 2.24) is 4.90 Å². The van der Waals surface area contributed by atoms with Crippen LogP contribution in [0.25, 0.3) is 0 Å². The maximum atomic E-state index is 5.98. The minimum absolute atomic E-state index is 0.253. The second kappa shape index (κ2) is 4.47. The van der Waals surface area contributed by atoms with Crippen LogP contribution in [0.3, 0.4) is 0 Å². The van der Waals surface area contributed by atoms with Crippen molar-refractivity contribution in [3.05, 3.63) is 22.4 Å². The lowest BCUT2D eigenvalue weighted by molar-refractivity contribution is -0.0178. The first-order valence-electron chi connectivity index (χ1n) is 6.05. The van der Waals surface area contributed by atoms with Crippen LogP contribution in [-0.2, 0) is 0 Å². The van der Waals surface area contributed by atoms with E-state index in [1.54, 1.807) is 0 Å². The third-order valence-corrected chi connectivity index (χ3v) is 5.16. The topological polar surface area (TPSA) is 29.3 Å². The molecular weight excluding hydrogens is 216 g/mol. The molecule has 1 aliphatic rings. The van der Waals surface area contributed by atoms with Crippen LogP contribution in [0.4, 0.5) is 0 Å². The van der Waals surface area contributed by atoms with Crippen LogP contribution in [0.15, 0.2) is 17.5 Å². The lowest BCUT2D eigenvalue weighted by Crippen LogP contribution is -2.60. The fourth-order valence-electron chi connectivity index (χ4n) is 2.97. The Hall–Kier alpha value is -0.380. The molecule has 0 radical (unpaired) electrons. The van der Waals surface area contributed by atoms with Crippen molar-refractivity contribution < 1.29 is 0 Å². The van der Waals surface area contributed by atoms with Crippen molar-refractivity contribution in [1.29, 1.82) is 0 Å². The Morgan fingerprint density at radius 1 is 1.62 bits per heavy atom. The van der Waals surface area contributed by atoms with Gasteiger partial charge in [0, 0.05) is 23.0 Å². The molecule has 3 heteroatoms. The minimum Gasteiger partial charge on any atom is -0.329 e. The van der Waals surface area contributed by atoms with Crippen LogP contribution in [-0.4, -0.2) is 24.0 Å². The molecule has 1 unspecified atom stereocenters. The zero-order valence-electron chi connectivity index (χ0n) is 10.4. The summed E-state index contributed by atoms with van der Waals surface area (Å²) >= 11 is 1.84. The molecule has 0 aliphatic heterocycles. The average molecular weight is 238 g/mol. The van der Waals surface area contributed by atoms with Crippen molar-refractivity contribution in [2.24, 2.45) is 11.7 Å². The van der Waals surface area contributed by atoms with E-state index in [1.165, 1.54) is 17.7 Å². The van der Waals surface area contributed by atoms with E-state index in [9.17, 15) is 0 Å². The fourth-order valence-corrected chi connectivity index (χ4v) is 3.79. The van der Waals surface area contributed by atoms with Gasteiger partial charge in [-0.2, -0.15) is 0 Å². The highest BCUT2D eigenvalue weighted by Crippen LogP contribution is 2.44. The number of likely N-dealkylation sites (N-methyl/N-ethyl adjacent to an activating group) is 1. The number of nitrogens with zero attached hydrogens (tertiary/aromatic N) is 1. The van der Waals surface area contributed by atoms with Crippen LogP contribution in [0, 0.1) is 5.92 Å². The molecule has 2 N–H and O–H groups in total. The summed E-state index contributed by atoms with van der Waals surface area (Å²) in [4.78, 5) is 3.92. The molecule has 2 nitrogen and oxygen atoms in total. The summed E-state index contributed by atoms with van der Waals surface area (Å²) < 4.78 is 0. The van der Waals surface area contributed by atoms with Crippen molar-refractivity contribution in [3.8, 4) is 0 Å². The Labute approximate surface area is 102 Å². The van der Waals surface area contributed by atoms with Gasteiger partial charge in [0.25, 0.3) is 0 Å². The number of hydrogen-bond donors (Lipinski definition) is 1. The molecule has 1 aromatic heterocycles. The molecule has 16 heavy (non-hydrogen) atoms. The van der Waals surface area contributed by atoms with E-state index in [4.69, 9.17) is 5.73 Å². The highest BCUT2D eigenvalue weighted by Gasteiger charge is 2.45. The Balaban J connectivity index is 2.09. The molecule has 0 bridgehead atoms. The predicted octanol–water partition coefficient (Wildman–Crippen LogP) is 2.87. The molecule has 1 atom stereocenters. The van der Waals surface area contributed by atoms with Gasteiger partial charge < -0.3 is 5.73 Å². The molecule has 0 amide bonds. The first kappa shape index (κ1) is 12.1. The van der Waals surface area contributed by atoms with Gasteiger partial charge in [0.05, 0.1) is 0 Å². The predicted molar refractivity (Wildman–Crippen MR) is 70.7 cm³/mol. The number of thiophene rings is 1. The maximum Gasteiger partial charge on any atom is 0.0416 e. The monoisotopic (exact) mass is 238 g/mol. The van der Waals surface area contributed by atoms with Gasteiger partial charge in [0.2, 0.25) is 0 Å². The molecule has 1 aromatic rings. The normalized spacial score (nSPS) is 31.4. The van der Waals surface area contributed by atoms with Gasteiger partial charge >= 0.3 is 0 Å². The molecule has 0 spiro atoms. The van der Waals surface area contributed by atoms with Gasteiger partial charge in [-0.25, -0.2) is 0 Å². The smallest absolute Gasteiger partial charge is 0.0416 e. The number of rotatable bonds is 4. The van der Waals surface area contributed by atoms with E-state index >= 15 is 0 Å².